The molecule has 13 rings (SSSR count). The van der Waals surface area contributed by atoms with Gasteiger partial charge in [0, 0.05) is 28.3 Å². The third kappa shape index (κ3) is 5.70. The average Bonchev–Trinajstić information content (AvgIpc) is 3.99. The molecule has 1 heterocycles. The fourth-order valence-electron chi connectivity index (χ4n) is 10.9. The van der Waals surface area contributed by atoms with Crippen LogP contribution in [0.4, 0.5) is 0 Å². The van der Waals surface area contributed by atoms with Crippen molar-refractivity contribution in [1.82, 2.24) is 4.57 Å². The van der Waals surface area contributed by atoms with Crippen LogP contribution in [0.1, 0.15) is 45.2 Å². The summed E-state index contributed by atoms with van der Waals surface area (Å²) in [5.74, 6) is 0.391. The molecule has 2 aliphatic rings. The van der Waals surface area contributed by atoms with Gasteiger partial charge >= 0.3 is 0 Å². The maximum Gasteiger partial charge on any atom is 0.0541 e. The second kappa shape index (κ2) is 14.3. The molecule has 11 aromatic rings. The van der Waals surface area contributed by atoms with Gasteiger partial charge in [0.1, 0.15) is 0 Å². The first-order valence-corrected chi connectivity index (χ1v) is 22.1. The quantitative estimate of drug-likeness (QED) is 0.158. The molecule has 0 spiro atoms. The van der Waals surface area contributed by atoms with Gasteiger partial charge in [-0.05, 0) is 131 Å². The van der Waals surface area contributed by atoms with Crippen LogP contribution in [-0.2, 0) is 0 Å². The maximum atomic E-state index is 2.44. The van der Waals surface area contributed by atoms with Crippen molar-refractivity contribution in [2.45, 2.75) is 11.8 Å². The highest BCUT2D eigenvalue weighted by Gasteiger charge is 2.32. The first-order chi connectivity index (χ1) is 31.2. The number of hydrogen-bond donors (Lipinski definition) is 0. The Balaban J connectivity index is 0.872. The summed E-state index contributed by atoms with van der Waals surface area (Å²) in [5.41, 5.74) is 24.4. The van der Waals surface area contributed by atoms with Crippen LogP contribution < -0.4 is 0 Å². The second-order valence-electron chi connectivity index (χ2n) is 17.2. The smallest absolute Gasteiger partial charge is 0.0541 e. The zero-order chi connectivity index (χ0) is 41.4. The summed E-state index contributed by atoms with van der Waals surface area (Å²) in [7, 11) is 0. The molecule has 1 aromatic heterocycles. The van der Waals surface area contributed by atoms with Gasteiger partial charge in [0.15, 0.2) is 0 Å². The standard InChI is InChI=1S/C62H41N/c1-3-15-40(16-4-1)44-31-34-60-58(39-44)51-25-11-12-28-59(51)63(60)48-22-14-20-43(36-48)42-19-13-21-47(35-42)62-53-27-10-8-24-50(53)57-38-46(30-33-55(57)62)45-29-32-54-56(37-45)49-23-7-9-26-52(49)61(54)41-17-5-2-6-18-41/h1-39,61-62H/t61-,62?/m1/s1. The van der Waals surface area contributed by atoms with Crippen molar-refractivity contribution in [2.24, 2.45) is 0 Å². The molecule has 1 unspecified atom stereocenters. The van der Waals surface area contributed by atoms with E-state index >= 15 is 0 Å². The van der Waals surface area contributed by atoms with Gasteiger partial charge in [-0.3, -0.25) is 0 Å². The van der Waals surface area contributed by atoms with E-state index in [1.54, 1.807) is 0 Å². The zero-order valence-electron chi connectivity index (χ0n) is 34.6. The Bertz CT molecular complexity index is 3570. The molecule has 294 valence electrons. The van der Waals surface area contributed by atoms with Gasteiger partial charge in [0.2, 0.25) is 0 Å². The van der Waals surface area contributed by atoms with E-state index in [1.807, 2.05) is 0 Å². The predicted molar refractivity (Wildman–Crippen MR) is 263 cm³/mol. The molecule has 0 saturated carbocycles. The van der Waals surface area contributed by atoms with Gasteiger partial charge < -0.3 is 4.57 Å². The van der Waals surface area contributed by atoms with Crippen molar-refractivity contribution >= 4 is 21.8 Å². The highest BCUT2D eigenvalue weighted by Crippen LogP contribution is 2.52. The molecule has 0 saturated heterocycles. The number of para-hydroxylation sites is 1. The molecular formula is C62H41N. The zero-order valence-corrected chi connectivity index (χ0v) is 34.6. The number of hydrogen-bond acceptors (Lipinski definition) is 0. The van der Waals surface area contributed by atoms with Crippen molar-refractivity contribution in [3.05, 3.63) is 270 Å². The Morgan fingerprint density at radius 1 is 0.254 bits per heavy atom. The summed E-state index contributed by atoms with van der Waals surface area (Å²) in [5, 5.41) is 2.52. The van der Waals surface area contributed by atoms with Crippen LogP contribution in [-0.4, -0.2) is 4.57 Å². The van der Waals surface area contributed by atoms with Crippen molar-refractivity contribution in [1.29, 1.82) is 0 Å². The van der Waals surface area contributed by atoms with E-state index in [9.17, 15) is 0 Å². The Kier molecular flexibility index (Phi) is 8.11. The number of aromatic nitrogens is 1. The Morgan fingerprint density at radius 3 is 1.44 bits per heavy atom. The minimum atomic E-state index is 0.142. The fourth-order valence-corrected chi connectivity index (χ4v) is 10.9. The molecule has 1 nitrogen and oxygen atoms in total. The van der Waals surface area contributed by atoms with E-state index in [-0.39, 0.29) is 11.8 Å². The summed E-state index contributed by atoms with van der Waals surface area (Å²) in [6.45, 7) is 0. The molecule has 1 heteroatoms. The van der Waals surface area contributed by atoms with Crippen LogP contribution >= 0.6 is 0 Å². The molecular weight excluding hydrogens is 759 g/mol. The Hall–Kier alpha value is -8.00. The topological polar surface area (TPSA) is 4.93 Å². The Morgan fingerprint density at radius 2 is 0.730 bits per heavy atom. The summed E-state index contributed by atoms with van der Waals surface area (Å²) in [6, 6.07) is 87.9. The maximum absolute atomic E-state index is 2.44. The summed E-state index contributed by atoms with van der Waals surface area (Å²) < 4.78 is 2.43. The van der Waals surface area contributed by atoms with Gasteiger partial charge in [-0.1, -0.05) is 194 Å². The number of benzene rings is 10. The molecule has 10 aromatic carbocycles. The van der Waals surface area contributed by atoms with Crippen LogP contribution in [0.2, 0.25) is 0 Å². The third-order valence-electron chi connectivity index (χ3n) is 13.8. The Labute approximate surface area is 367 Å². The summed E-state index contributed by atoms with van der Waals surface area (Å²) in [4.78, 5) is 0. The molecule has 63 heavy (non-hydrogen) atoms. The molecule has 2 atom stereocenters. The van der Waals surface area contributed by atoms with Crippen LogP contribution in [0.5, 0.6) is 0 Å². The van der Waals surface area contributed by atoms with Crippen molar-refractivity contribution < 1.29 is 0 Å². The summed E-state index contributed by atoms with van der Waals surface area (Å²) >= 11 is 0. The monoisotopic (exact) mass is 799 g/mol. The van der Waals surface area contributed by atoms with Gasteiger partial charge in [0.05, 0.1) is 11.0 Å². The first kappa shape index (κ1) is 35.7. The van der Waals surface area contributed by atoms with E-state index in [0.717, 1.165) is 5.69 Å². The van der Waals surface area contributed by atoms with Crippen molar-refractivity contribution in [3.8, 4) is 61.3 Å². The van der Waals surface area contributed by atoms with E-state index in [2.05, 4.69) is 241 Å². The van der Waals surface area contributed by atoms with Crippen LogP contribution in [0, 0.1) is 0 Å². The van der Waals surface area contributed by atoms with E-state index in [1.165, 1.54) is 111 Å². The van der Waals surface area contributed by atoms with Crippen LogP contribution in [0.25, 0.3) is 83.1 Å². The van der Waals surface area contributed by atoms with E-state index < -0.39 is 0 Å². The molecule has 0 amide bonds. The lowest BCUT2D eigenvalue weighted by Gasteiger charge is -2.17. The molecule has 2 aliphatic carbocycles. The highest BCUT2D eigenvalue weighted by atomic mass is 15.0. The largest absolute Gasteiger partial charge is 0.309 e. The van der Waals surface area contributed by atoms with Crippen molar-refractivity contribution in [3.63, 3.8) is 0 Å². The van der Waals surface area contributed by atoms with Gasteiger partial charge in [0.25, 0.3) is 0 Å². The molecule has 0 aliphatic heterocycles. The van der Waals surface area contributed by atoms with E-state index in [0.29, 0.717) is 0 Å². The van der Waals surface area contributed by atoms with Crippen LogP contribution in [0.15, 0.2) is 237 Å². The van der Waals surface area contributed by atoms with Crippen LogP contribution in [0.3, 0.4) is 0 Å². The SMILES string of the molecule is c1ccc(-c2ccc3c(c2)c2ccccc2n3-c2cccc(-c3cccc(C4c5ccccc5-c5cc(-c6ccc7c(c6)-c6ccccc6[C@H]7c6ccccc6)ccc54)c3)c2)cc1. The van der Waals surface area contributed by atoms with Gasteiger partial charge in [-0.2, -0.15) is 0 Å². The lowest BCUT2D eigenvalue weighted by molar-refractivity contribution is 1.01. The number of fused-ring (bicyclic) bond motifs is 9. The minimum Gasteiger partial charge on any atom is -0.309 e. The molecule has 0 fully saturated rings. The highest BCUT2D eigenvalue weighted by molar-refractivity contribution is 6.10. The van der Waals surface area contributed by atoms with Gasteiger partial charge in [-0.25, -0.2) is 0 Å². The number of nitrogens with zero attached hydrogens (tertiary/aromatic N) is 1. The molecule has 0 radical (unpaired) electrons. The lowest BCUT2D eigenvalue weighted by Crippen LogP contribution is -2.00. The predicted octanol–water partition coefficient (Wildman–Crippen LogP) is 16.1. The molecule has 0 bridgehead atoms. The van der Waals surface area contributed by atoms with Crippen molar-refractivity contribution in [2.75, 3.05) is 0 Å². The molecule has 0 N–H and O–H groups in total. The lowest BCUT2D eigenvalue weighted by atomic mass is 9.87. The second-order valence-corrected chi connectivity index (χ2v) is 17.2. The van der Waals surface area contributed by atoms with Gasteiger partial charge in [-0.15, -0.1) is 0 Å². The fraction of sp³-hybridized carbons (Fsp3) is 0.0323. The summed E-state index contributed by atoms with van der Waals surface area (Å²) in [6.07, 6.45) is 0. The number of rotatable bonds is 6. The third-order valence-corrected chi connectivity index (χ3v) is 13.8. The minimum absolute atomic E-state index is 0.142. The average molecular weight is 800 g/mol. The van der Waals surface area contributed by atoms with E-state index in [4.69, 9.17) is 0 Å². The first-order valence-electron chi connectivity index (χ1n) is 22.1. The normalized spacial score (nSPS) is 14.7.